The first-order chi connectivity index (χ1) is 11.2. The molecule has 2 saturated heterocycles. The van der Waals surface area contributed by atoms with Crippen molar-refractivity contribution in [3.63, 3.8) is 0 Å². The number of hydrogen-bond donors (Lipinski definition) is 1. The van der Waals surface area contributed by atoms with E-state index < -0.39 is 0 Å². The number of carbonyl (C=O) groups is 1. The van der Waals surface area contributed by atoms with Crippen LogP contribution in [0.2, 0.25) is 0 Å². The Hall–Kier alpha value is -1.60. The summed E-state index contributed by atoms with van der Waals surface area (Å²) < 4.78 is 4.86. The molecule has 0 saturated carbocycles. The quantitative estimate of drug-likeness (QED) is 0.890. The average Bonchev–Trinajstić information content (AvgIpc) is 3.06. The molecular weight excluding hydrogens is 294 g/mol. The van der Waals surface area contributed by atoms with Crippen molar-refractivity contribution >= 4 is 6.03 Å². The first-order valence-electron chi connectivity index (χ1n) is 8.53. The van der Waals surface area contributed by atoms with Crippen LogP contribution in [0, 0.1) is 5.92 Å². The Morgan fingerprint density at radius 1 is 1.35 bits per heavy atom. The van der Waals surface area contributed by atoms with Crippen LogP contribution < -0.4 is 5.32 Å². The van der Waals surface area contributed by atoms with Crippen molar-refractivity contribution in [2.24, 2.45) is 5.92 Å². The van der Waals surface area contributed by atoms with Gasteiger partial charge in [-0.1, -0.05) is 5.16 Å². The third-order valence-electron chi connectivity index (χ3n) is 4.80. The minimum absolute atomic E-state index is 0.0827. The van der Waals surface area contributed by atoms with E-state index in [0.717, 1.165) is 51.5 Å². The first-order valence-corrected chi connectivity index (χ1v) is 8.53. The fourth-order valence-corrected chi connectivity index (χ4v) is 3.44. The largest absolute Gasteiger partial charge is 0.364 e. The SMILES string of the molecule is CN1CCC[C@H](CNC(=O)N2CCN(Cc3ccon3)CC2)C1. The van der Waals surface area contributed by atoms with Gasteiger partial charge in [0.2, 0.25) is 0 Å². The van der Waals surface area contributed by atoms with Gasteiger partial charge in [-0.15, -0.1) is 0 Å². The zero-order chi connectivity index (χ0) is 16.1. The molecule has 0 aliphatic carbocycles. The van der Waals surface area contributed by atoms with Crippen molar-refractivity contribution in [1.82, 2.24) is 25.2 Å². The maximum absolute atomic E-state index is 12.3. The Balaban J connectivity index is 1.36. The fraction of sp³-hybridized carbons (Fsp3) is 0.750. The summed E-state index contributed by atoms with van der Waals surface area (Å²) in [4.78, 5) is 18.9. The Kier molecular flexibility index (Phi) is 5.51. The van der Waals surface area contributed by atoms with Crippen molar-refractivity contribution in [3.8, 4) is 0 Å². The fourth-order valence-electron chi connectivity index (χ4n) is 3.44. The number of piperidine rings is 1. The molecule has 2 amide bonds. The molecule has 1 atom stereocenters. The summed E-state index contributed by atoms with van der Waals surface area (Å²) in [6.45, 7) is 7.16. The van der Waals surface area contributed by atoms with Crippen LogP contribution in [-0.2, 0) is 6.54 Å². The molecule has 0 radical (unpaired) electrons. The van der Waals surface area contributed by atoms with Crippen LogP contribution in [0.3, 0.4) is 0 Å². The molecule has 1 aromatic heterocycles. The lowest BCUT2D eigenvalue weighted by atomic mass is 9.99. The number of amides is 2. The number of carbonyl (C=O) groups excluding carboxylic acids is 1. The monoisotopic (exact) mass is 321 g/mol. The zero-order valence-corrected chi connectivity index (χ0v) is 13.9. The number of nitrogens with one attached hydrogen (secondary N) is 1. The number of hydrogen-bond acceptors (Lipinski definition) is 5. The number of likely N-dealkylation sites (tertiary alicyclic amines) is 1. The van der Waals surface area contributed by atoms with Gasteiger partial charge in [0.15, 0.2) is 0 Å². The maximum Gasteiger partial charge on any atom is 0.317 e. The van der Waals surface area contributed by atoms with Gasteiger partial charge in [0.05, 0.1) is 5.69 Å². The van der Waals surface area contributed by atoms with Crippen LogP contribution in [0.1, 0.15) is 18.5 Å². The minimum atomic E-state index is 0.0827. The van der Waals surface area contributed by atoms with E-state index in [4.69, 9.17) is 4.52 Å². The summed E-state index contributed by atoms with van der Waals surface area (Å²) in [6, 6.07) is 1.97. The smallest absolute Gasteiger partial charge is 0.317 e. The van der Waals surface area contributed by atoms with Gasteiger partial charge in [-0.2, -0.15) is 0 Å². The van der Waals surface area contributed by atoms with E-state index in [9.17, 15) is 4.79 Å². The minimum Gasteiger partial charge on any atom is -0.364 e. The second kappa shape index (κ2) is 7.79. The van der Waals surface area contributed by atoms with Gasteiger partial charge in [-0.3, -0.25) is 4.90 Å². The molecule has 3 rings (SSSR count). The van der Waals surface area contributed by atoms with Crippen molar-refractivity contribution in [2.45, 2.75) is 19.4 Å². The highest BCUT2D eigenvalue weighted by atomic mass is 16.5. The molecule has 0 unspecified atom stereocenters. The molecule has 1 aromatic rings. The standard InChI is InChI=1S/C16H27N5O2/c1-19-5-2-3-14(12-19)11-17-16(22)21-8-6-20(7-9-21)13-15-4-10-23-18-15/h4,10,14H,2-3,5-9,11-13H2,1H3,(H,17,22)/t14-/m1/s1. The van der Waals surface area contributed by atoms with Crippen LogP contribution in [0.25, 0.3) is 0 Å². The van der Waals surface area contributed by atoms with Gasteiger partial charge in [-0.25, -0.2) is 4.79 Å². The van der Waals surface area contributed by atoms with Crippen LogP contribution >= 0.6 is 0 Å². The number of nitrogens with zero attached hydrogens (tertiary/aromatic N) is 4. The molecule has 0 spiro atoms. The summed E-state index contributed by atoms with van der Waals surface area (Å²) >= 11 is 0. The molecular formula is C16H27N5O2. The van der Waals surface area contributed by atoms with Gasteiger partial charge in [-0.05, 0) is 32.4 Å². The third kappa shape index (κ3) is 4.68. The topological polar surface area (TPSA) is 64.9 Å². The predicted molar refractivity (Wildman–Crippen MR) is 87.0 cm³/mol. The summed E-state index contributed by atoms with van der Waals surface area (Å²) in [6.07, 6.45) is 4.05. The average molecular weight is 321 g/mol. The maximum atomic E-state index is 12.3. The second-order valence-electron chi connectivity index (χ2n) is 6.71. The zero-order valence-electron chi connectivity index (χ0n) is 13.9. The van der Waals surface area contributed by atoms with Crippen LogP contribution in [0.15, 0.2) is 16.9 Å². The normalized spacial score (nSPS) is 23.9. The first kappa shape index (κ1) is 16.3. The molecule has 7 heteroatoms. The molecule has 2 fully saturated rings. The Bertz CT molecular complexity index is 485. The highest BCUT2D eigenvalue weighted by molar-refractivity contribution is 5.74. The van der Waals surface area contributed by atoms with Crippen molar-refractivity contribution in [3.05, 3.63) is 18.0 Å². The molecule has 128 valence electrons. The number of piperazine rings is 1. The van der Waals surface area contributed by atoms with Crippen molar-refractivity contribution in [2.75, 3.05) is 52.9 Å². The molecule has 0 bridgehead atoms. The summed E-state index contributed by atoms with van der Waals surface area (Å²) in [5, 5.41) is 7.06. The van der Waals surface area contributed by atoms with Crippen LogP contribution in [-0.4, -0.2) is 78.7 Å². The van der Waals surface area contributed by atoms with E-state index in [2.05, 4.69) is 27.3 Å². The van der Waals surface area contributed by atoms with E-state index in [0.29, 0.717) is 5.92 Å². The van der Waals surface area contributed by atoms with E-state index in [1.807, 2.05) is 11.0 Å². The van der Waals surface area contributed by atoms with Gasteiger partial charge in [0.1, 0.15) is 6.26 Å². The van der Waals surface area contributed by atoms with Gasteiger partial charge < -0.3 is 19.6 Å². The summed E-state index contributed by atoms with van der Waals surface area (Å²) in [5.41, 5.74) is 0.948. The highest BCUT2D eigenvalue weighted by Gasteiger charge is 2.23. The number of urea groups is 1. The molecule has 23 heavy (non-hydrogen) atoms. The molecule has 1 N–H and O–H groups in total. The van der Waals surface area contributed by atoms with Crippen LogP contribution in [0.5, 0.6) is 0 Å². The lowest BCUT2D eigenvalue weighted by molar-refractivity contribution is 0.130. The Morgan fingerprint density at radius 2 is 2.17 bits per heavy atom. The Labute approximate surface area is 137 Å². The molecule has 3 heterocycles. The van der Waals surface area contributed by atoms with E-state index in [1.54, 1.807) is 6.26 Å². The number of aromatic nitrogens is 1. The lowest BCUT2D eigenvalue weighted by Crippen LogP contribution is -2.52. The van der Waals surface area contributed by atoms with Gasteiger partial charge in [0, 0.05) is 51.9 Å². The molecule has 0 aromatic carbocycles. The Morgan fingerprint density at radius 3 is 2.87 bits per heavy atom. The molecule has 2 aliphatic heterocycles. The summed E-state index contributed by atoms with van der Waals surface area (Å²) in [7, 11) is 2.15. The van der Waals surface area contributed by atoms with Crippen molar-refractivity contribution < 1.29 is 9.32 Å². The van der Waals surface area contributed by atoms with Crippen LogP contribution in [0.4, 0.5) is 4.79 Å². The van der Waals surface area contributed by atoms with E-state index in [-0.39, 0.29) is 6.03 Å². The molecule has 7 nitrogen and oxygen atoms in total. The van der Waals surface area contributed by atoms with Crippen molar-refractivity contribution in [1.29, 1.82) is 0 Å². The van der Waals surface area contributed by atoms with E-state index in [1.165, 1.54) is 19.4 Å². The third-order valence-corrected chi connectivity index (χ3v) is 4.80. The molecule has 2 aliphatic rings. The second-order valence-corrected chi connectivity index (χ2v) is 6.71. The lowest BCUT2D eigenvalue weighted by Gasteiger charge is -2.35. The van der Waals surface area contributed by atoms with E-state index >= 15 is 0 Å². The summed E-state index contributed by atoms with van der Waals surface area (Å²) in [5.74, 6) is 0.589. The number of rotatable bonds is 4. The van der Waals surface area contributed by atoms with Gasteiger partial charge in [0.25, 0.3) is 0 Å². The highest BCUT2D eigenvalue weighted by Crippen LogP contribution is 2.14. The van der Waals surface area contributed by atoms with Gasteiger partial charge >= 0.3 is 6.03 Å². The predicted octanol–water partition coefficient (Wildman–Crippen LogP) is 0.844.